The van der Waals surface area contributed by atoms with Crippen molar-refractivity contribution < 1.29 is 9.47 Å². The summed E-state index contributed by atoms with van der Waals surface area (Å²) in [5.74, 6) is 0.977. The van der Waals surface area contributed by atoms with E-state index >= 15 is 0 Å². The molecule has 1 rings (SSSR count). The molecule has 0 aliphatic rings. The highest BCUT2D eigenvalue weighted by Gasteiger charge is 2.01. The summed E-state index contributed by atoms with van der Waals surface area (Å²) in [6.45, 7) is 4.27. The molecule has 1 aromatic rings. The fourth-order valence-electron chi connectivity index (χ4n) is 1.48. The molecule has 102 valence electrons. The lowest BCUT2D eigenvalue weighted by Crippen LogP contribution is -2.11. The molecule has 0 spiro atoms. The van der Waals surface area contributed by atoms with Crippen molar-refractivity contribution in [2.24, 2.45) is 0 Å². The number of hydrogen-bond donors (Lipinski definition) is 1. The van der Waals surface area contributed by atoms with Gasteiger partial charge in [-0.1, -0.05) is 12.1 Å². The zero-order valence-corrected chi connectivity index (χ0v) is 12.3. The van der Waals surface area contributed by atoms with E-state index in [0.29, 0.717) is 19.3 Å². The molecule has 4 heteroatoms. The lowest BCUT2D eigenvalue weighted by molar-refractivity contribution is 0.0790. The second kappa shape index (κ2) is 9.39. The van der Waals surface area contributed by atoms with Gasteiger partial charge in [0.15, 0.2) is 0 Å². The molecule has 1 N–H and O–H groups in total. The van der Waals surface area contributed by atoms with Gasteiger partial charge in [-0.3, -0.25) is 0 Å². The van der Waals surface area contributed by atoms with Gasteiger partial charge in [-0.15, -0.1) is 11.8 Å². The van der Waals surface area contributed by atoms with Crippen LogP contribution in [-0.2, 0) is 9.47 Å². The van der Waals surface area contributed by atoms with Gasteiger partial charge in [0.05, 0.1) is 19.8 Å². The topological polar surface area (TPSA) is 30.5 Å². The Morgan fingerprint density at radius 1 is 1.17 bits per heavy atom. The smallest absolute Gasteiger partial charge is 0.0700 e. The largest absolute Gasteiger partial charge is 0.382 e. The van der Waals surface area contributed by atoms with Gasteiger partial charge in [-0.2, -0.15) is 0 Å². The number of benzene rings is 1. The minimum absolute atomic E-state index is 0.404. The zero-order chi connectivity index (χ0) is 13.2. The fourth-order valence-corrected chi connectivity index (χ4v) is 2.25. The van der Waals surface area contributed by atoms with E-state index < -0.39 is 0 Å². The molecule has 1 aromatic carbocycles. The molecule has 0 fully saturated rings. The zero-order valence-electron chi connectivity index (χ0n) is 11.4. The van der Waals surface area contributed by atoms with Gasteiger partial charge in [-0.25, -0.2) is 0 Å². The maximum atomic E-state index is 5.42. The normalized spacial score (nSPS) is 12.6. The van der Waals surface area contributed by atoms with Crippen LogP contribution in [0.2, 0.25) is 0 Å². The molecular weight excluding hydrogens is 246 g/mol. The predicted molar refractivity (Wildman–Crippen MR) is 77.3 cm³/mol. The van der Waals surface area contributed by atoms with E-state index in [1.165, 1.54) is 10.5 Å². The first kappa shape index (κ1) is 15.5. The minimum atomic E-state index is 0.404. The van der Waals surface area contributed by atoms with E-state index in [9.17, 15) is 0 Å². The van der Waals surface area contributed by atoms with Gasteiger partial charge in [0.25, 0.3) is 0 Å². The molecule has 1 atom stereocenters. The van der Waals surface area contributed by atoms with Crippen molar-refractivity contribution in [2.75, 3.05) is 39.7 Å². The molecule has 1 unspecified atom stereocenters. The summed E-state index contributed by atoms with van der Waals surface area (Å²) < 4.78 is 10.3. The summed E-state index contributed by atoms with van der Waals surface area (Å²) in [5, 5.41) is 3.23. The van der Waals surface area contributed by atoms with Crippen molar-refractivity contribution in [2.45, 2.75) is 17.9 Å². The van der Waals surface area contributed by atoms with Gasteiger partial charge < -0.3 is 14.8 Å². The molecule has 18 heavy (non-hydrogen) atoms. The van der Waals surface area contributed by atoms with Crippen LogP contribution in [0.5, 0.6) is 0 Å². The number of thioether (sulfide) groups is 1. The molecule has 3 nitrogen and oxygen atoms in total. The first-order valence-corrected chi connectivity index (χ1v) is 7.23. The van der Waals surface area contributed by atoms with Crippen LogP contribution in [0.4, 0.5) is 0 Å². The monoisotopic (exact) mass is 269 g/mol. The minimum Gasteiger partial charge on any atom is -0.382 e. The van der Waals surface area contributed by atoms with Gasteiger partial charge in [0.1, 0.15) is 0 Å². The maximum absolute atomic E-state index is 5.42. The van der Waals surface area contributed by atoms with Crippen molar-refractivity contribution in [1.29, 1.82) is 0 Å². The standard InChI is InChI=1S/C14H23NO2S/c1-12(15-2)13-4-6-14(7-5-13)18-11-10-17-9-8-16-3/h4-7,12,15H,8-11H2,1-3H3. The van der Waals surface area contributed by atoms with Crippen molar-refractivity contribution in [3.05, 3.63) is 29.8 Å². The number of rotatable bonds is 9. The fraction of sp³-hybridized carbons (Fsp3) is 0.571. The van der Waals surface area contributed by atoms with Crippen LogP contribution in [0, 0.1) is 0 Å². The van der Waals surface area contributed by atoms with Crippen LogP contribution in [0.15, 0.2) is 29.2 Å². The van der Waals surface area contributed by atoms with Gasteiger partial charge >= 0.3 is 0 Å². The Morgan fingerprint density at radius 2 is 1.89 bits per heavy atom. The van der Waals surface area contributed by atoms with Crippen molar-refractivity contribution in [3.8, 4) is 0 Å². The number of methoxy groups -OCH3 is 1. The van der Waals surface area contributed by atoms with Crippen molar-refractivity contribution >= 4 is 11.8 Å². The average Bonchev–Trinajstić information content (AvgIpc) is 2.42. The maximum Gasteiger partial charge on any atom is 0.0700 e. The highest BCUT2D eigenvalue weighted by molar-refractivity contribution is 7.99. The van der Waals surface area contributed by atoms with E-state index in [1.54, 1.807) is 7.11 Å². The first-order chi connectivity index (χ1) is 8.77. The average molecular weight is 269 g/mol. The van der Waals surface area contributed by atoms with Crippen molar-refractivity contribution in [3.63, 3.8) is 0 Å². The summed E-state index contributed by atoms with van der Waals surface area (Å²) in [6, 6.07) is 9.10. The van der Waals surface area contributed by atoms with Crippen LogP contribution in [-0.4, -0.2) is 39.7 Å². The first-order valence-electron chi connectivity index (χ1n) is 6.24. The second-order valence-electron chi connectivity index (χ2n) is 4.03. The Kier molecular flexibility index (Phi) is 8.09. The van der Waals surface area contributed by atoms with Gasteiger partial charge in [0.2, 0.25) is 0 Å². The molecular formula is C14H23NO2S. The number of hydrogen-bond acceptors (Lipinski definition) is 4. The summed E-state index contributed by atoms with van der Waals surface area (Å²) in [4.78, 5) is 1.29. The molecule has 0 aromatic heterocycles. The summed E-state index contributed by atoms with van der Waals surface area (Å²) in [5.41, 5.74) is 1.32. The molecule has 0 saturated heterocycles. The summed E-state index contributed by atoms with van der Waals surface area (Å²) in [6.07, 6.45) is 0. The van der Waals surface area contributed by atoms with E-state index in [-0.39, 0.29) is 0 Å². The predicted octanol–water partition coefficient (Wildman–Crippen LogP) is 2.72. The van der Waals surface area contributed by atoms with E-state index in [4.69, 9.17) is 9.47 Å². The third kappa shape index (κ3) is 5.87. The summed E-state index contributed by atoms with van der Waals surface area (Å²) in [7, 11) is 3.66. The Bertz CT molecular complexity index is 316. The number of ether oxygens (including phenoxy) is 2. The highest BCUT2D eigenvalue weighted by atomic mass is 32.2. The lowest BCUT2D eigenvalue weighted by atomic mass is 10.1. The second-order valence-corrected chi connectivity index (χ2v) is 5.20. The Labute approximate surface area is 114 Å². The van der Waals surface area contributed by atoms with Crippen LogP contribution in [0.3, 0.4) is 0 Å². The van der Waals surface area contributed by atoms with Crippen LogP contribution in [0.25, 0.3) is 0 Å². The molecule has 0 bridgehead atoms. The van der Waals surface area contributed by atoms with Crippen molar-refractivity contribution in [1.82, 2.24) is 5.32 Å². The quantitative estimate of drug-likeness (QED) is 0.551. The Balaban J connectivity index is 2.22. The molecule has 0 heterocycles. The van der Waals surface area contributed by atoms with Gasteiger partial charge in [0, 0.05) is 23.8 Å². The molecule has 0 aliphatic heterocycles. The lowest BCUT2D eigenvalue weighted by Gasteiger charge is -2.11. The molecule has 0 amide bonds. The third-order valence-electron chi connectivity index (χ3n) is 2.74. The SMILES string of the molecule is CNC(C)c1ccc(SCCOCCOC)cc1. The van der Waals surface area contributed by atoms with Crippen LogP contribution in [0.1, 0.15) is 18.5 Å². The highest BCUT2D eigenvalue weighted by Crippen LogP contribution is 2.20. The van der Waals surface area contributed by atoms with Gasteiger partial charge in [-0.05, 0) is 31.7 Å². The molecule has 0 radical (unpaired) electrons. The van der Waals surface area contributed by atoms with E-state index in [0.717, 1.165) is 12.4 Å². The Morgan fingerprint density at radius 3 is 2.50 bits per heavy atom. The molecule has 0 saturated carbocycles. The Hall–Kier alpha value is -0.550. The molecule has 0 aliphatic carbocycles. The summed E-state index contributed by atoms with van der Waals surface area (Å²) >= 11 is 1.82. The number of nitrogens with one attached hydrogen (secondary N) is 1. The van der Waals surface area contributed by atoms with E-state index in [1.807, 2.05) is 18.8 Å². The van der Waals surface area contributed by atoms with Crippen LogP contribution < -0.4 is 5.32 Å². The van der Waals surface area contributed by atoms with Crippen LogP contribution >= 0.6 is 11.8 Å². The third-order valence-corrected chi connectivity index (χ3v) is 3.72. The van der Waals surface area contributed by atoms with E-state index in [2.05, 4.69) is 36.5 Å².